The van der Waals surface area contributed by atoms with Crippen molar-refractivity contribution in [2.75, 3.05) is 13.6 Å². The molecule has 2 rings (SSSR count). The van der Waals surface area contributed by atoms with Crippen LogP contribution in [0.5, 0.6) is 0 Å². The van der Waals surface area contributed by atoms with Crippen molar-refractivity contribution in [3.63, 3.8) is 0 Å². The molecule has 0 aliphatic heterocycles. The Kier molecular flexibility index (Phi) is 3.91. The number of likely N-dealkylation sites (N-methyl/N-ethyl adjacent to an activating group) is 1. The van der Waals surface area contributed by atoms with Crippen molar-refractivity contribution in [2.45, 2.75) is 52.6 Å². The molecule has 0 atom stereocenters. The van der Waals surface area contributed by atoms with E-state index in [2.05, 4.69) is 30.4 Å². The smallest absolute Gasteiger partial charge is 0.178 e. The molecule has 1 heterocycles. The average Bonchev–Trinajstić information content (AvgIpc) is 2.51. The fraction of sp³-hybridized carbons (Fsp3) is 0.667. The van der Waals surface area contributed by atoms with Crippen LogP contribution in [0.3, 0.4) is 0 Å². The van der Waals surface area contributed by atoms with Crippen molar-refractivity contribution in [3.05, 3.63) is 23.0 Å². The SMILES string of the molecule is CCn1c(C)cc(C(=O)CN(C)C2CCC2)c1C. The highest BCUT2D eigenvalue weighted by Gasteiger charge is 2.24. The Morgan fingerprint density at radius 1 is 1.44 bits per heavy atom. The van der Waals surface area contributed by atoms with Crippen LogP contribution in [0, 0.1) is 13.8 Å². The monoisotopic (exact) mass is 248 g/mol. The van der Waals surface area contributed by atoms with Gasteiger partial charge in [0.25, 0.3) is 0 Å². The van der Waals surface area contributed by atoms with Crippen LogP contribution in [0.1, 0.15) is 47.9 Å². The van der Waals surface area contributed by atoms with E-state index in [0.717, 1.165) is 17.8 Å². The standard InChI is InChI=1S/C15H24N2O/c1-5-17-11(2)9-14(12(17)3)15(18)10-16(4)13-7-6-8-13/h9,13H,5-8,10H2,1-4H3. The van der Waals surface area contributed by atoms with Gasteiger partial charge in [0.1, 0.15) is 0 Å². The van der Waals surface area contributed by atoms with Crippen LogP contribution in [0.2, 0.25) is 0 Å². The molecule has 0 amide bonds. The molecule has 18 heavy (non-hydrogen) atoms. The van der Waals surface area contributed by atoms with Crippen molar-refractivity contribution < 1.29 is 4.79 Å². The van der Waals surface area contributed by atoms with Crippen molar-refractivity contribution in [1.82, 2.24) is 9.47 Å². The topological polar surface area (TPSA) is 25.2 Å². The Hall–Kier alpha value is -1.09. The number of aryl methyl sites for hydroxylation is 1. The van der Waals surface area contributed by atoms with E-state index in [1.54, 1.807) is 0 Å². The first kappa shape index (κ1) is 13.3. The van der Waals surface area contributed by atoms with Crippen LogP contribution in [-0.4, -0.2) is 34.9 Å². The molecule has 3 heteroatoms. The maximum atomic E-state index is 12.3. The molecule has 0 radical (unpaired) electrons. The van der Waals surface area contributed by atoms with Gasteiger partial charge < -0.3 is 4.57 Å². The Morgan fingerprint density at radius 3 is 2.56 bits per heavy atom. The first-order valence-electron chi connectivity index (χ1n) is 6.94. The molecular formula is C15H24N2O. The van der Waals surface area contributed by atoms with E-state index in [-0.39, 0.29) is 5.78 Å². The van der Waals surface area contributed by atoms with E-state index in [4.69, 9.17) is 0 Å². The normalized spacial score (nSPS) is 16.1. The third kappa shape index (κ3) is 2.37. The number of nitrogens with zero attached hydrogens (tertiary/aromatic N) is 2. The lowest BCUT2D eigenvalue weighted by Crippen LogP contribution is -2.40. The first-order chi connectivity index (χ1) is 8.54. The Balaban J connectivity index is 2.08. The summed E-state index contributed by atoms with van der Waals surface area (Å²) < 4.78 is 2.20. The molecule has 1 fully saturated rings. The second-order valence-corrected chi connectivity index (χ2v) is 5.45. The predicted molar refractivity (Wildman–Crippen MR) is 74.2 cm³/mol. The highest BCUT2D eigenvalue weighted by molar-refractivity contribution is 5.99. The maximum absolute atomic E-state index is 12.3. The summed E-state index contributed by atoms with van der Waals surface area (Å²) in [6.07, 6.45) is 3.81. The van der Waals surface area contributed by atoms with Crippen LogP contribution in [0.25, 0.3) is 0 Å². The first-order valence-corrected chi connectivity index (χ1v) is 6.94. The number of ketones is 1. The van der Waals surface area contributed by atoms with Crippen LogP contribution >= 0.6 is 0 Å². The summed E-state index contributed by atoms with van der Waals surface area (Å²) in [5.74, 6) is 0.261. The van der Waals surface area contributed by atoms with Gasteiger partial charge in [-0.25, -0.2) is 0 Å². The molecule has 0 spiro atoms. The molecule has 1 aromatic heterocycles. The molecule has 0 unspecified atom stereocenters. The van der Waals surface area contributed by atoms with Gasteiger partial charge in [-0.15, -0.1) is 0 Å². The summed E-state index contributed by atoms with van der Waals surface area (Å²) >= 11 is 0. The van der Waals surface area contributed by atoms with Crippen LogP contribution < -0.4 is 0 Å². The number of aromatic nitrogens is 1. The Labute approximate surface area is 110 Å². The second-order valence-electron chi connectivity index (χ2n) is 5.45. The summed E-state index contributed by atoms with van der Waals surface area (Å²) in [5, 5.41) is 0. The fourth-order valence-electron chi connectivity index (χ4n) is 2.84. The molecule has 1 aromatic rings. The van der Waals surface area contributed by atoms with Crippen LogP contribution in [0.4, 0.5) is 0 Å². The minimum Gasteiger partial charge on any atom is -0.349 e. The van der Waals surface area contributed by atoms with Crippen molar-refractivity contribution in [3.8, 4) is 0 Å². The molecule has 0 N–H and O–H groups in total. The number of carbonyl (C=O) groups excluding carboxylic acids is 1. The molecule has 1 aliphatic carbocycles. The molecule has 1 aliphatic rings. The molecule has 0 saturated heterocycles. The molecule has 0 bridgehead atoms. The number of rotatable bonds is 5. The van der Waals surface area contributed by atoms with E-state index in [1.165, 1.54) is 25.0 Å². The van der Waals surface area contributed by atoms with E-state index in [1.807, 2.05) is 13.0 Å². The number of hydrogen-bond donors (Lipinski definition) is 0. The van der Waals surface area contributed by atoms with Crippen molar-refractivity contribution in [2.24, 2.45) is 0 Å². The molecule has 100 valence electrons. The molecule has 0 aromatic carbocycles. The van der Waals surface area contributed by atoms with E-state index in [0.29, 0.717) is 12.6 Å². The van der Waals surface area contributed by atoms with Gasteiger partial charge in [-0.2, -0.15) is 0 Å². The lowest BCUT2D eigenvalue weighted by molar-refractivity contribution is 0.0870. The molecular weight excluding hydrogens is 224 g/mol. The predicted octanol–water partition coefficient (Wildman–Crippen LogP) is 2.79. The Bertz CT molecular complexity index is 444. The van der Waals surface area contributed by atoms with Crippen molar-refractivity contribution >= 4 is 5.78 Å². The average molecular weight is 248 g/mol. The third-order valence-electron chi connectivity index (χ3n) is 4.28. The largest absolute Gasteiger partial charge is 0.349 e. The summed E-state index contributed by atoms with van der Waals surface area (Å²) in [5.41, 5.74) is 3.20. The van der Waals surface area contributed by atoms with E-state index < -0.39 is 0 Å². The van der Waals surface area contributed by atoms with Gasteiger partial charge in [-0.3, -0.25) is 9.69 Å². The summed E-state index contributed by atoms with van der Waals surface area (Å²) in [7, 11) is 2.07. The maximum Gasteiger partial charge on any atom is 0.178 e. The summed E-state index contributed by atoms with van der Waals surface area (Å²) in [6.45, 7) is 7.73. The van der Waals surface area contributed by atoms with Crippen molar-refractivity contribution in [1.29, 1.82) is 0 Å². The summed E-state index contributed by atoms with van der Waals surface area (Å²) in [4.78, 5) is 14.6. The third-order valence-corrected chi connectivity index (χ3v) is 4.28. The Morgan fingerprint density at radius 2 is 2.11 bits per heavy atom. The molecule has 1 saturated carbocycles. The van der Waals surface area contributed by atoms with Crippen LogP contribution in [-0.2, 0) is 6.54 Å². The number of hydrogen-bond acceptors (Lipinski definition) is 2. The van der Waals surface area contributed by atoms with E-state index >= 15 is 0 Å². The highest BCUT2D eigenvalue weighted by Crippen LogP contribution is 2.24. The van der Waals surface area contributed by atoms with Gasteiger partial charge in [-0.1, -0.05) is 6.42 Å². The lowest BCUT2D eigenvalue weighted by Gasteiger charge is -2.34. The quantitative estimate of drug-likeness (QED) is 0.749. The zero-order chi connectivity index (χ0) is 13.3. The second kappa shape index (κ2) is 5.27. The van der Waals surface area contributed by atoms with Crippen LogP contribution in [0.15, 0.2) is 6.07 Å². The highest BCUT2D eigenvalue weighted by atomic mass is 16.1. The van der Waals surface area contributed by atoms with Gasteiger partial charge in [0, 0.05) is 29.5 Å². The summed E-state index contributed by atoms with van der Waals surface area (Å²) in [6, 6.07) is 2.67. The van der Waals surface area contributed by atoms with Gasteiger partial charge in [-0.05, 0) is 46.7 Å². The number of Topliss-reactive ketones (excluding diaryl/α,β-unsaturated/α-hetero) is 1. The minimum atomic E-state index is 0.261. The number of carbonyl (C=O) groups is 1. The van der Waals surface area contributed by atoms with Gasteiger partial charge in [0.2, 0.25) is 0 Å². The zero-order valence-corrected chi connectivity index (χ0v) is 12.0. The lowest BCUT2D eigenvalue weighted by atomic mass is 9.91. The van der Waals surface area contributed by atoms with Gasteiger partial charge >= 0.3 is 0 Å². The fourth-order valence-corrected chi connectivity index (χ4v) is 2.84. The van der Waals surface area contributed by atoms with Gasteiger partial charge in [0.15, 0.2) is 5.78 Å². The zero-order valence-electron chi connectivity index (χ0n) is 12.0. The van der Waals surface area contributed by atoms with E-state index in [9.17, 15) is 4.79 Å². The van der Waals surface area contributed by atoms with Gasteiger partial charge in [0.05, 0.1) is 6.54 Å². The minimum absolute atomic E-state index is 0.261. The molecule has 3 nitrogen and oxygen atoms in total.